The van der Waals surface area contributed by atoms with Crippen molar-refractivity contribution in [2.45, 2.75) is 30.6 Å². The first-order valence-electron chi connectivity index (χ1n) is 10.4. The molecule has 2 amide bonds. The van der Waals surface area contributed by atoms with Gasteiger partial charge in [0.15, 0.2) is 6.04 Å². The van der Waals surface area contributed by atoms with Crippen molar-refractivity contribution in [2.24, 2.45) is 0 Å². The lowest BCUT2D eigenvalue weighted by Gasteiger charge is -2.26. The predicted octanol–water partition coefficient (Wildman–Crippen LogP) is 6.00. The third-order valence-electron chi connectivity index (χ3n) is 5.16. The molecule has 2 N–H and O–H groups in total. The summed E-state index contributed by atoms with van der Waals surface area (Å²) in [6, 6.07) is 1.73. The van der Waals surface area contributed by atoms with E-state index in [4.69, 9.17) is 0 Å². The second-order valence-electron chi connectivity index (χ2n) is 7.95. The van der Waals surface area contributed by atoms with E-state index in [0.29, 0.717) is 29.7 Å². The number of rotatable bonds is 6. The van der Waals surface area contributed by atoms with Crippen molar-refractivity contribution in [3.8, 4) is 0 Å². The van der Waals surface area contributed by atoms with Gasteiger partial charge in [0.2, 0.25) is 5.91 Å². The molecule has 2 aromatic rings. The molecule has 1 aliphatic rings. The molecule has 2 aromatic carbocycles. The van der Waals surface area contributed by atoms with Crippen molar-refractivity contribution < 1.29 is 49.1 Å². The lowest BCUT2D eigenvalue weighted by Crippen LogP contribution is -2.44. The highest BCUT2D eigenvalue weighted by Gasteiger charge is 2.43. The topological polar surface area (TPSA) is 58.2 Å². The highest BCUT2D eigenvalue weighted by atomic mass is 32.2. The quantitative estimate of drug-likeness (QED) is 0.339. The fourth-order valence-electron chi connectivity index (χ4n) is 3.29. The predicted molar refractivity (Wildman–Crippen MR) is 117 cm³/mol. The van der Waals surface area contributed by atoms with Crippen molar-refractivity contribution in [3.63, 3.8) is 0 Å². The molecule has 0 spiro atoms. The molecule has 14 heteroatoms. The van der Waals surface area contributed by atoms with E-state index in [9.17, 15) is 49.1 Å². The van der Waals surface area contributed by atoms with E-state index >= 15 is 0 Å². The van der Waals surface area contributed by atoms with Crippen LogP contribution in [0.3, 0.4) is 0 Å². The molecule has 3 rings (SSSR count). The smallest absolute Gasteiger partial charge is 0.348 e. The maximum absolute atomic E-state index is 13.5. The highest BCUT2D eigenvalue weighted by Crippen LogP contribution is 2.37. The summed E-state index contributed by atoms with van der Waals surface area (Å²) in [5.74, 6) is -1.25. The van der Waals surface area contributed by atoms with Crippen LogP contribution in [-0.2, 0) is 17.1 Å². The van der Waals surface area contributed by atoms with E-state index in [2.05, 4.69) is 5.32 Å². The van der Waals surface area contributed by atoms with E-state index in [0.717, 1.165) is 30.3 Å². The molecule has 200 valence electrons. The Hall–Kier alpha value is -3.16. The number of hydrogen-bond acceptors (Lipinski definition) is 3. The Bertz CT molecular complexity index is 1190. The number of carbonyl (C=O) groups is 2. The number of thioether (sulfide) groups is 1. The van der Waals surface area contributed by atoms with Gasteiger partial charge in [0.1, 0.15) is 0 Å². The van der Waals surface area contributed by atoms with Crippen LogP contribution in [0.1, 0.15) is 38.7 Å². The monoisotopic (exact) mass is 556 g/mol. The summed E-state index contributed by atoms with van der Waals surface area (Å²) in [5.41, 5.74) is -4.46. The molecule has 1 unspecified atom stereocenters. The Morgan fingerprint density at radius 3 is 2.14 bits per heavy atom. The van der Waals surface area contributed by atoms with E-state index in [-0.39, 0.29) is 17.7 Å². The Morgan fingerprint density at radius 1 is 0.919 bits per heavy atom. The number of nitrogens with one attached hydrogen (secondary N) is 2. The van der Waals surface area contributed by atoms with Crippen LogP contribution in [0.2, 0.25) is 0 Å². The van der Waals surface area contributed by atoms with Crippen molar-refractivity contribution in [2.75, 3.05) is 11.5 Å². The molecule has 0 radical (unpaired) electrons. The first-order chi connectivity index (χ1) is 17.1. The molecule has 4 nitrogen and oxygen atoms in total. The summed E-state index contributed by atoms with van der Waals surface area (Å²) >= 11 is 1.51. The van der Waals surface area contributed by atoms with E-state index in [1.165, 1.54) is 17.1 Å². The van der Waals surface area contributed by atoms with Gasteiger partial charge in [0.05, 0.1) is 16.7 Å². The van der Waals surface area contributed by atoms with Crippen LogP contribution in [-0.4, -0.2) is 35.5 Å². The average molecular weight is 556 g/mol. The number of hydrogen-bond donors (Lipinski definition) is 2. The molecule has 1 aliphatic heterocycles. The zero-order chi connectivity index (χ0) is 27.6. The standard InChI is InChI=1S/C23H17F9N2O2S/c24-21(25,26)14-3-1-2-13(9-14)19(23(30,31)32)34-18(35)7-5-12-4-6-16(17(8-12)22(27,28)29)20(36)33-15-10-37-11-15/h1-9,15,19H,10-11H2,(H,33,36)(H,34,35)/b7-5+. The molecule has 0 saturated carbocycles. The van der Waals surface area contributed by atoms with Gasteiger partial charge in [-0.1, -0.05) is 18.2 Å². The molecule has 1 saturated heterocycles. The van der Waals surface area contributed by atoms with Crippen molar-refractivity contribution in [1.82, 2.24) is 10.6 Å². The fraction of sp³-hybridized carbons (Fsp3) is 0.304. The SMILES string of the molecule is O=C(/C=C/c1ccc(C(=O)NC2CSC2)c(C(F)(F)F)c1)NC(c1cccc(C(F)(F)F)c1)C(F)(F)F. The van der Waals surface area contributed by atoms with Crippen molar-refractivity contribution in [1.29, 1.82) is 0 Å². The Balaban J connectivity index is 1.81. The van der Waals surface area contributed by atoms with Crippen LogP contribution in [0, 0.1) is 0 Å². The molecule has 1 atom stereocenters. The first kappa shape index (κ1) is 28.4. The van der Waals surface area contributed by atoms with Crippen LogP contribution >= 0.6 is 11.8 Å². The number of benzene rings is 2. The third-order valence-corrected chi connectivity index (χ3v) is 6.43. The normalized spacial score (nSPS) is 15.8. The third kappa shape index (κ3) is 7.43. The zero-order valence-corrected chi connectivity index (χ0v) is 19.2. The summed E-state index contributed by atoms with van der Waals surface area (Å²) in [6.07, 6.45) is -13.8. The molecule has 1 fully saturated rings. The van der Waals surface area contributed by atoms with E-state index in [1.54, 1.807) is 0 Å². The summed E-state index contributed by atoms with van der Waals surface area (Å²) in [5, 5.41) is 3.99. The second kappa shape index (κ2) is 10.7. The Kier molecular flexibility index (Phi) is 8.20. The Morgan fingerprint density at radius 2 is 1.59 bits per heavy atom. The minimum Gasteiger partial charge on any atom is -0.348 e. The summed E-state index contributed by atoms with van der Waals surface area (Å²) in [7, 11) is 0. The van der Waals surface area contributed by atoms with Gasteiger partial charge >= 0.3 is 18.5 Å². The van der Waals surface area contributed by atoms with Crippen LogP contribution < -0.4 is 10.6 Å². The molecule has 0 aromatic heterocycles. The maximum Gasteiger partial charge on any atom is 0.417 e. The highest BCUT2D eigenvalue weighted by molar-refractivity contribution is 8.00. The largest absolute Gasteiger partial charge is 0.417 e. The first-order valence-corrected chi connectivity index (χ1v) is 11.5. The van der Waals surface area contributed by atoms with Gasteiger partial charge in [-0.2, -0.15) is 51.3 Å². The zero-order valence-electron chi connectivity index (χ0n) is 18.4. The average Bonchev–Trinajstić information content (AvgIpc) is 2.76. The number of amides is 2. The van der Waals surface area contributed by atoms with Crippen LogP contribution in [0.25, 0.3) is 6.08 Å². The number of halogens is 9. The number of alkyl halides is 9. The van der Waals surface area contributed by atoms with Crippen LogP contribution in [0.4, 0.5) is 39.5 Å². The van der Waals surface area contributed by atoms with Crippen LogP contribution in [0.15, 0.2) is 48.5 Å². The van der Waals surface area contributed by atoms with Gasteiger partial charge in [0, 0.05) is 23.6 Å². The molecule has 0 aliphatic carbocycles. The summed E-state index contributed by atoms with van der Waals surface area (Å²) < 4.78 is 120. The number of carbonyl (C=O) groups excluding carboxylic acids is 2. The van der Waals surface area contributed by atoms with Gasteiger partial charge in [-0.25, -0.2) is 0 Å². The fourth-order valence-corrected chi connectivity index (χ4v) is 3.93. The van der Waals surface area contributed by atoms with Crippen molar-refractivity contribution >= 4 is 29.7 Å². The molecule has 37 heavy (non-hydrogen) atoms. The van der Waals surface area contributed by atoms with Gasteiger partial charge in [-0.05, 0) is 41.5 Å². The molecule has 0 bridgehead atoms. The maximum atomic E-state index is 13.5. The minimum absolute atomic E-state index is 0.240. The minimum atomic E-state index is -5.18. The van der Waals surface area contributed by atoms with Gasteiger partial charge in [-0.15, -0.1) is 0 Å². The van der Waals surface area contributed by atoms with Gasteiger partial charge in [-0.3, -0.25) is 9.59 Å². The van der Waals surface area contributed by atoms with Crippen molar-refractivity contribution in [3.05, 3.63) is 76.4 Å². The van der Waals surface area contributed by atoms with Gasteiger partial charge in [0.25, 0.3) is 5.91 Å². The summed E-state index contributed by atoms with van der Waals surface area (Å²) in [6.45, 7) is 0. The lowest BCUT2D eigenvalue weighted by molar-refractivity contribution is -0.162. The lowest BCUT2D eigenvalue weighted by atomic mass is 10.0. The van der Waals surface area contributed by atoms with E-state index in [1.807, 2.05) is 0 Å². The van der Waals surface area contributed by atoms with Gasteiger partial charge < -0.3 is 10.6 Å². The van der Waals surface area contributed by atoms with Crippen LogP contribution in [0.5, 0.6) is 0 Å². The summed E-state index contributed by atoms with van der Waals surface area (Å²) in [4.78, 5) is 24.4. The molecular weight excluding hydrogens is 539 g/mol. The van der Waals surface area contributed by atoms with E-state index < -0.39 is 58.6 Å². The molecular formula is C23H17F9N2O2S. The second-order valence-corrected chi connectivity index (χ2v) is 9.03. The Labute approximate surface area is 208 Å². The molecule has 1 heterocycles.